The third-order valence-corrected chi connectivity index (χ3v) is 5.18. The van der Waals surface area contributed by atoms with E-state index in [1.807, 2.05) is 30.1 Å². The Kier molecular flexibility index (Phi) is 4.82. The maximum Gasteiger partial charge on any atom is 0.194 e. The minimum absolute atomic E-state index is 0.137. The summed E-state index contributed by atoms with van der Waals surface area (Å²) in [7, 11) is 1.97. The number of fused-ring (bicyclic) bond motifs is 1. The number of likely N-dealkylation sites (tertiary alicyclic amines) is 1. The predicted octanol–water partition coefficient (Wildman–Crippen LogP) is 2.18. The first-order valence-electron chi connectivity index (χ1n) is 9.49. The van der Waals surface area contributed by atoms with E-state index >= 15 is 0 Å². The standard InChI is InChI=1S/C20H27N5O/c1-3-21-20(22-12-18-10-15-6-4-5-7-19(15)26-18)25-9-8-16(14-25)17-11-23-24(2)13-17/h4-7,11,13,16,18H,3,8-10,12,14H2,1-2H3,(H,21,22). The molecule has 2 unspecified atom stereocenters. The van der Waals surface area contributed by atoms with Crippen LogP contribution < -0.4 is 10.1 Å². The van der Waals surface area contributed by atoms with Gasteiger partial charge in [-0.3, -0.25) is 4.68 Å². The summed E-state index contributed by atoms with van der Waals surface area (Å²) in [5.41, 5.74) is 2.61. The Morgan fingerprint density at radius 2 is 2.27 bits per heavy atom. The molecule has 0 spiro atoms. The van der Waals surface area contributed by atoms with Crippen LogP contribution in [0.5, 0.6) is 5.75 Å². The van der Waals surface area contributed by atoms with Gasteiger partial charge in [-0.25, -0.2) is 4.99 Å². The van der Waals surface area contributed by atoms with E-state index < -0.39 is 0 Å². The van der Waals surface area contributed by atoms with Crippen LogP contribution in [0.2, 0.25) is 0 Å². The van der Waals surface area contributed by atoms with Crippen molar-refractivity contribution in [1.29, 1.82) is 0 Å². The molecular weight excluding hydrogens is 326 g/mol. The zero-order chi connectivity index (χ0) is 17.9. The quantitative estimate of drug-likeness (QED) is 0.676. The molecule has 4 rings (SSSR count). The SMILES string of the molecule is CCNC(=NCC1Cc2ccccc2O1)N1CCC(c2cnn(C)c2)C1. The second kappa shape index (κ2) is 7.40. The minimum Gasteiger partial charge on any atom is -0.488 e. The van der Waals surface area contributed by atoms with Crippen molar-refractivity contribution in [3.8, 4) is 5.75 Å². The maximum atomic E-state index is 6.03. The fourth-order valence-corrected chi connectivity index (χ4v) is 3.85. The molecule has 1 saturated heterocycles. The van der Waals surface area contributed by atoms with Crippen LogP contribution in [0.3, 0.4) is 0 Å². The van der Waals surface area contributed by atoms with Gasteiger partial charge in [0.15, 0.2) is 5.96 Å². The summed E-state index contributed by atoms with van der Waals surface area (Å²) in [6, 6.07) is 8.28. The number of aromatic nitrogens is 2. The fourth-order valence-electron chi connectivity index (χ4n) is 3.85. The third-order valence-electron chi connectivity index (χ3n) is 5.18. The lowest BCUT2D eigenvalue weighted by molar-refractivity contribution is 0.241. The van der Waals surface area contributed by atoms with Gasteiger partial charge in [0.1, 0.15) is 11.9 Å². The number of aryl methyl sites for hydroxylation is 1. The number of hydrogen-bond donors (Lipinski definition) is 1. The molecule has 1 aromatic carbocycles. The number of nitrogens with one attached hydrogen (secondary N) is 1. The van der Waals surface area contributed by atoms with Crippen molar-refractivity contribution in [3.63, 3.8) is 0 Å². The van der Waals surface area contributed by atoms with Gasteiger partial charge in [-0.15, -0.1) is 0 Å². The smallest absolute Gasteiger partial charge is 0.194 e. The van der Waals surface area contributed by atoms with Crippen LogP contribution in [-0.2, 0) is 13.5 Å². The number of rotatable bonds is 4. The van der Waals surface area contributed by atoms with Crippen LogP contribution in [0.25, 0.3) is 0 Å². The molecule has 2 aromatic rings. The summed E-state index contributed by atoms with van der Waals surface area (Å²) in [5, 5.41) is 7.76. The van der Waals surface area contributed by atoms with E-state index in [1.54, 1.807) is 0 Å². The Morgan fingerprint density at radius 3 is 3.04 bits per heavy atom. The lowest BCUT2D eigenvalue weighted by Crippen LogP contribution is -2.40. The zero-order valence-corrected chi connectivity index (χ0v) is 15.6. The van der Waals surface area contributed by atoms with Gasteiger partial charge in [0.05, 0.1) is 12.7 Å². The van der Waals surface area contributed by atoms with E-state index in [4.69, 9.17) is 9.73 Å². The number of ether oxygens (including phenoxy) is 1. The molecule has 26 heavy (non-hydrogen) atoms. The second-order valence-electron chi connectivity index (χ2n) is 7.13. The van der Waals surface area contributed by atoms with E-state index in [0.717, 1.165) is 44.2 Å². The average Bonchev–Trinajstić information content (AvgIpc) is 3.37. The van der Waals surface area contributed by atoms with Crippen molar-refractivity contribution < 1.29 is 4.74 Å². The van der Waals surface area contributed by atoms with E-state index in [-0.39, 0.29) is 6.10 Å². The van der Waals surface area contributed by atoms with Crippen LogP contribution >= 0.6 is 0 Å². The Hall–Kier alpha value is -2.50. The van der Waals surface area contributed by atoms with Gasteiger partial charge in [-0.2, -0.15) is 5.10 Å². The summed E-state index contributed by atoms with van der Waals surface area (Å²) in [6.45, 7) is 5.69. The molecule has 0 bridgehead atoms. The predicted molar refractivity (Wildman–Crippen MR) is 103 cm³/mol. The molecule has 0 radical (unpaired) electrons. The highest BCUT2D eigenvalue weighted by Crippen LogP contribution is 2.29. The molecule has 3 heterocycles. The molecule has 0 amide bonds. The van der Waals surface area contributed by atoms with Gasteiger partial charge in [0.25, 0.3) is 0 Å². The average molecular weight is 353 g/mol. The van der Waals surface area contributed by atoms with E-state index in [2.05, 4.69) is 40.6 Å². The first-order valence-corrected chi connectivity index (χ1v) is 9.49. The van der Waals surface area contributed by atoms with E-state index in [9.17, 15) is 0 Å². The molecule has 138 valence electrons. The number of para-hydroxylation sites is 1. The van der Waals surface area contributed by atoms with Crippen molar-refractivity contribution in [3.05, 3.63) is 47.8 Å². The summed E-state index contributed by atoms with van der Waals surface area (Å²) in [5.74, 6) is 2.54. The Bertz CT molecular complexity index is 759. The van der Waals surface area contributed by atoms with Crippen molar-refractivity contribution in [1.82, 2.24) is 20.0 Å². The van der Waals surface area contributed by atoms with Gasteiger partial charge in [0, 0.05) is 45.2 Å². The van der Waals surface area contributed by atoms with Crippen LogP contribution in [0, 0.1) is 0 Å². The highest BCUT2D eigenvalue weighted by atomic mass is 16.5. The molecule has 0 aliphatic carbocycles. The molecule has 2 aliphatic heterocycles. The summed E-state index contributed by atoms with van der Waals surface area (Å²) in [4.78, 5) is 7.24. The van der Waals surface area contributed by atoms with Gasteiger partial charge >= 0.3 is 0 Å². The molecule has 1 fully saturated rings. The van der Waals surface area contributed by atoms with Crippen molar-refractivity contribution in [2.75, 3.05) is 26.2 Å². The molecule has 2 atom stereocenters. The fraction of sp³-hybridized carbons (Fsp3) is 0.500. The van der Waals surface area contributed by atoms with Gasteiger partial charge in [-0.05, 0) is 30.5 Å². The summed E-state index contributed by atoms with van der Waals surface area (Å²) < 4.78 is 7.91. The zero-order valence-electron chi connectivity index (χ0n) is 15.6. The van der Waals surface area contributed by atoms with Gasteiger partial charge in [0.2, 0.25) is 0 Å². The van der Waals surface area contributed by atoms with Gasteiger partial charge < -0.3 is 15.0 Å². The Balaban J connectivity index is 1.39. The highest BCUT2D eigenvalue weighted by molar-refractivity contribution is 5.80. The minimum atomic E-state index is 0.137. The first-order chi connectivity index (χ1) is 12.7. The molecular formula is C20H27N5O. The molecule has 6 heteroatoms. The van der Waals surface area contributed by atoms with E-state index in [1.165, 1.54) is 11.1 Å². The first kappa shape index (κ1) is 16.9. The maximum absolute atomic E-state index is 6.03. The normalized spacial score (nSPS) is 22.4. The number of aliphatic imine (C=N–C) groups is 1. The summed E-state index contributed by atoms with van der Waals surface area (Å²) >= 11 is 0. The van der Waals surface area contributed by atoms with Crippen molar-refractivity contribution >= 4 is 5.96 Å². The van der Waals surface area contributed by atoms with Crippen LogP contribution in [-0.4, -0.2) is 52.9 Å². The van der Waals surface area contributed by atoms with Crippen molar-refractivity contribution in [2.24, 2.45) is 12.0 Å². The number of hydrogen-bond acceptors (Lipinski definition) is 3. The monoisotopic (exact) mass is 353 g/mol. The third kappa shape index (κ3) is 3.54. The van der Waals surface area contributed by atoms with Crippen molar-refractivity contribution in [2.45, 2.75) is 31.8 Å². The van der Waals surface area contributed by atoms with E-state index in [0.29, 0.717) is 12.5 Å². The molecule has 2 aliphatic rings. The van der Waals surface area contributed by atoms with Crippen LogP contribution in [0.15, 0.2) is 41.7 Å². The largest absolute Gasteiger partial charge is 0.488 e. The lowest BCUT2D eigenvalue weighted by Gasteiger charge is -2.22. The molecule has 1 N–H and O–H groups in total. The lowest BCUT2D eigenvalue weighted by atomic mass is 10.0. The number of benzene rings is 1. The summed E-state index contributed by atoms with van der Waals surface area (Å²) in [6.07, 6.45) is 6.33. The molecule has 6 nitrogen and oxygen atoms in total. The molecule has 1 aromatic heterocycles. The Labute approximate surface area is 154 Å². The molecule has 0 saturated carbocycles. The van der Waals surface area contributed by atoms with Crippen LogP contribution in [0.1, 0.15) is 30.4 Å². The second-order valence-corrected chi connectivity index (χ2v) is 7.13. The Morgan fingerprint density at radius 1 is 1.38 bits per heavy atom. The van der Waals surface area contributed by atoms with Crippen LogP contribution in [0.4, 0.5) is 0 Å². The highest BCUT2D eigenvalue weighted by Gasteiger charge is 2.28. The van der Waals surface area contributed by atoms with Gasteiger partial charge in [-0.1, -0.05) is 18.2 Å². The number of nitrogens with zero attached hydrogens (tertiary/aromatic N) is 4. The number of guanidine groups is 1. The topological polar surface area (TPSA) is 54.7 Å².